The number of hydrogen-bond donors (Lipinski definition) is 0. The van der Waals surface area contributed by atoms with Gasteiger partial charge in [-0.1, -0.05) is 41.7 Å². The van der Waals surface area contributed by atoms with Crippen LogP contribution in [0.2, 0.25) is 0 Å². The van der Waals surface area contributed by atoms with Gasteiger partial charge in [0.15, 0.2) is 16.6 Å². The number of rotatable bonds is 6. The lowest BCUT2D eigenvalue weighted by Crippen LogP contribution is -2.36. The van der Waals surface area contributed by atoms with Crippen molar-refractivity contribution in [3.05, 3.63) is 41.7 Å². The number of ether oxygens (including phenoxy) is 1. The van der Waals surface area contributed by atoms with E-state index in [1.807, 2.05) is 25.1 Å². The molecular weight excluding hydrogens is 360 g/mol. The van der Waals surface area contributed by atoms with Gasteiger partial charge in [0.25, 0.3) is 0 Å². The van der Waals surface area contributed by atoms with Crippen LogP contribution in [0.4, 0.5) is 5.13 Å². The van der Waals surface area contributed by atoms with Crippen LogP contribution in [-0.2, 0) is 11.2 Å². The molecule has 27 heavy (non-hydrogen) atoms. The van der Waals surface area contributed by atoms with Crippen molar-refractivity contribution < 1.29 is 9.53 Å². The van der Waals surface area contributed by atoms with Crippen LogP contribution in [0.1, 0.15) is 30.7 Å². The third kappa shape index (κ3) is 3.64. The van der Waals surface area contributed by atoms with E-state index in [1.54, 1.807) is 7.11 Å². The molecule has 4 rings (SSSR count). The van der Waals surface area contributed by atoms with Gasteiger partial charge in [0.1, 0.15) is 10.5 Å². The summed E-state index contributed by atoms with van der Waals surface area (Å²) in [5.41, 5.74) is 1.84. The summed E-state index contributed by atoms with van der Waals surface area (Å²) in [6.45, 7) is 2.67. The number of nitrogens with zero attached hydrogens (tertiary/aromatic N) is 4. The minimum absolute atomic E-state index is 0.102. The zero-order chi connectivity index (χ0) is 18.8. The molecule has 1 aliphatic rings. The fourth-order valence-corrected chi connectivity index (χ4v) is 4.61. The Morgan fingerprint density at radius 3 is 2.85 bits per heavy atom. The molecule has 1 atom stereocenters. The highest BCUT2D eigenvalue weighted by Gasteiger charge is 2.32. The molecule has 0 bridgehead atoms. The van der Waals surface area contributed by atoms with Gasteiger partial charge in [0, 0.05) is 13.0 Å². The maximum Gasteiger partial charge on any atom is 0.236 e. The van der Waals surface area contributed by atoms with Crippen LogP contribution in [0.5, 0.6) is 5.88 Å². The summed E-state index contributed by atoms with van der Waals surface area (Å²) in [6, 6.07) is 10.1. The van der Waals surface area contributed by atoms with E-state index in [-0.39, 0.29) is 11.8 Å². The van der Waals surface area contributed by atoms with Gasteiger partial charge in [0.2, 0.25) is 5.88 Å². The molecule has 0 amide bonds. The second-order valence-electron chi connectivity index (χ2n) is 6.73. The van der Waals surface area contributed by atoms with E-state index >= 15 is 0 Å². The number of ketones is 1. The number of hydrogen-bond acceptors (Lipinski definition) is 7. The summed E-state index contributed by atoms with van der Waals surface area (Å²) < 4.78 is 6.21. The van der Waals surface area contributed by atoms with E-state index in [9.17, 15) is 4.79 Å². The molecule has 0 aliphatic carbocycles. The Labute approximate surface area is 162 Å². The second-order valence-corrected chi connectivity index (χ2v) is 7.71. The fourth-order valence-electron chi connectivity index (χ4n) is 3.56. The quantitative estimate of drug-likeness (QED) is 0.649. The Morgan fingerprint density at radius 2 is 2.07 bits per heavy atom. The highest BCUT2D eigenvalue weighted by molar-refractivity contribution is 7.22. The lowest BCUT2D eigenvalue weighted by Gasteiger charge is -2.22. The van der Waals surface area contributed by atoms with Crippen LogP contribution >= 0.6 is 11.3 Å². The van der Waals surface area contributed by atoms with Gasteiger partial charge < -0.3 is 9.64 Å². The first-order valence-electron chi connectivity index (χ1n) is 9.18. The zero-order valence-corrected chi connectivity index (χ0v) is 16.3. The average Bonchev–Trinajstić information content (AvgIpc) is 3.32. The van der Waals surface area contributed by atoms with Gasteiger partial charge in [-0.15, -0.1) is 0 Å². The van der Waals surface area contributed by atoms with Crippen molar-refractivity contribution in [2.24, 2.45) is 0 Å². The minimum Gasteiger partial charge on any atom is -0.480 e. The second kappa shape index (κ2) is 7.60. The Bertz CT molecular complexity index is 957. The number of benzene rings is 1. The molecule has 1 fully saturated rings. The molecule has 0 N–H and O–H groups in total. The van der Waals surface area contributed by atoms with Crippen molar-refractivity contribution in [2.75, 3.05) is 18.6 Å². The number of thiazole rings is 1. The van der Waals surface area contributed by atoms with Gasteiger partial charge in [-0.3, -0.25) is 4.79 Å². The standard InChI is InChI=1S/C20H22N4O2S/c1-13-21-18-17(19(22-13)26-2)27-20(23-18)24-12-6-9-15(24)16(25)11-10-14-7-4-3-5-8-14/h3-5,7-8,15H,6,9-12H2,1-2H3/t15-/m1/s1. The first kappa shape index (κ1) is 17.9. The molecule has 1 aromatic carbocycles. The molecule has 7 heteroatoms. The lowest BCUT2D eigenvalue weighted by molar-refractivity contribution is -0.120. The van der Waals surface area contributed by atoms with Crippen LogP contribution in [-0.4, -0.2) is 40.4 Å². The number of fused-ring (bicyclic) bond motifs is 1. The topological polar surface area (TPSA) is 68.2 Å². The van der Waals surface area contributed by atoms with E-state index in [2.05, 4.69) is 32.0 Å². The molecule has 1 aliphatic heterocycles. The van der Waals surface area contributed by atoms with Crippen LogP contribution in [0.3, 0.4) is 0 Å². The molecule has 6 nitrogen and oxygen atoms in total. The Hall–Kier alpha value is -2.54. The molecule has 0 unspecified atom stereocenters. The smallest absolute Gasteiger partial charge is 0.236 e. The largest absolute Gasteiger partial charge is 0.480 e. The van der Waals surface area contributed by atoms with Gasteiger partial charge in [-0.25, -0.2) is 4.98 Å². The number of Topliss-reactive ketones (excluding diaryl/α,β-unsaturated/α-hetero) is 1. The zero-order valence-electron chi connectivity index (χ0n) is 15.5. The van der Waals surface area contributed by atoms with E-state index in [4.69, 9.17) is 4.74 Å². The summed E-state index contributed by atoms with van der Waals surface area (Å²) in [5, 5.41) is 0.832. The predicted molar refractivity (Wildman–Crippen MR) is 107 cm³/mol. The van der Waals surface area contributed by atoms with Crippen LogP contribution in [0.15, 0.2) is 30.3 Å². The first-order valence-corrected chi connectivity index (χ1v) is 10.00. The van der Waals surface area contributed by atoms with Crippen LogP contribution < -0.4 is 9.64 Å². The Morgan fingerprint density at radius 1 is 1.26 bits per heavy atom. The van der Waals surface area contributed by atoms with Crippen LogP contribution in [0, 0.1) is 6.92 Å². The molecule has 0 radical (unpaired) electrons. The van der Waals surface area contributed by atoms with E-state index < -0.39 is 0 Å². The number of aryl methyl sites for hydroxylation is 2. The summed E-state index contributed by atoms with van der Waals surface area (Å²) in [5.74, 6) is 1.46. The number of aromatic nitrogens is 3. The van der Waals surface area contributed by atoms with Gasteiger partial charge in [-0.05, 0) is 31.7 Å². The predicted octanol–water partition coefficient (Wildman–Crippen LogP) is 3.57. The monoisotopic (exact) mass is 382 g/mol. The van der Waals surface area contributed by atoms with Crippen molar-refractivity contribution >= 4 is 32.6 Å². The van der Waals surface area contributed by atoms with Crippen LogP contribution in [0.25, 0.3) is 10.3 Å². The molecule has 0 saturated carbocycles. The first-order chi connectivity index (χ1) is 13.2. The van der Waals surface area contributed by atoms with Crippen molar-refractivity contribution in [1.29, 1.82) is 0 Å². The third-order valence-electron chi connectivity index (χ3n) is 4.89. The van der Waals surface area contributed by atoms with Crippen molar-refractivity contribution in [3.63, 3.8) is 0 Å². The van der Waals surface area contributed by atoms with Gasteiger partial charge in [0.05, 0.1) is 13.2 Å². The lowest BCUT2D eigenvalue weighted by atomic mass is 10.0. The molecule has 3 aromatic rings. The molecule has 2 aromatic heterocycles. The summed E-state index contributed by atoms with van der Waals surface area (Å²) in [4.78, 5) is 28.4. The molecule has 1 saturated heterocycles. The Kier molecular flexibility index (Phi) is 5.03. The number of carbonyl (C=O) groups excluding carboxylic acids is 1. The molecule has 3 heterocycles. The number of anilines is 1. The maximum atomic E-state index is 12.9. The molecule has 140 valence electrons. The summed E-state index contributed by atoms with van der Waals surface area (Å²) in [6.07, 6.45) is 3.21. The normalized spacial score (nSPS) is 16.8. The fraction of sp³-hybridized carbons (Fsp3) is 0.400. The van der Waals surface area contributed by atoms with E-state index in [0.29, 0.717) is 23.8 Å². The highest BCUT2D eigenvalue weighted by Crippen LogP contribution is 2.36. The minimum atomic E-state index is -0.102. The Balaban J connectivity index is 1.54. The summed E-state index contributed by atoms with van der Waals surface area (Å²) in [7, 11) is 1.60. The van der Waals surface area contributed by atoms with Gasteiger partial charge in [-0.2, -0.15) is 9.97 Å². The maximum absolute atomic E-state index is 12.9. The van der Waals surface area contributed by atoms with E-state index in [0.717, 1.165) is 35.6 Å². The average molecular weight is 382 g/mol. The van der Waals surface area contributed by atoms with Crippen molar-refractivity contribution in [1.82, 2.24) is 15.0 Å². The van der Waals surface area contributed by atoms with Crippen molar-refractivity contribution in [2.45, 2.75) is 38.6 Å². The molecular formula is C20H22N4O2S. The number of carbonyl (C=O) groups is 1. The summed E-state index contributed by atoms with van der Waals surface area (Å²) >= 11 is 1.50. The van der Waals surface area contributed by atoms with E-state index in [1.165, 1.54) is 16.9 Å². The van der Waals surface area contributed by atoms with Gasteiger partial charge >= 0.3 is 0 Å². The number of methoxy groups -OCH3 is 1. The van der Waals surface area contributed by atoms with Crippen molar-refractivity contribution in [3.8, 4) is 5.88 Å². The third-order valence-corrected chi connectivity index (χ3v) is 5.96. The highest BCUT2D eigenvalue weighted by atomic mass is 32.1. The SMILES string of the molecule is COc1nc(C)nc2nc(N3CCC[C@@H]3C(=O)CCc3ccccc3)sc12. The molecule has 0 spiro atoms.